The lowest BCUT2D eigenvalue weighted by Crippen LogP contribution is -2.07. The Morgan fingerprint density at radius 2 is 2.22 bits per heavy atom. The third kappa shape index (κ3) is 2.17. The number of methoxy groups -OCH3 is 1. The Morgan fingerprint density at radius 1 is 1.50 bits per heavy atom. The maximum Gasteiger partial charge on any atom is 0.323 e. The molecule has 0 radical (unpaired) electrons. The Morgan fingerprint density at radius 3 is 2.78 bits per heavy atom. The average Bonchev–Trinajstić information content (AvgIpc) is 2.66. The van der Waals surface area contributed by atoms with Crippen LogP contribution in [0.5, 0.6) is 5.75 Å². The van der Waals surface area contributed by atoms with Crippen molar-refractivity contribution in [2.75, 3.05) is 7.11 Å². The molecular weight excluding hydrogens is 234 g/mol. The van der Waals surface area contributed by atoms with Crippen molar-refractivity contribution in [2.45, 2.75) is 19.6 Å². The van der Waals surface area contributed by atoms with Gasteiger partial charge in [-0.1, -0.05) is 0 Å². The Kier molecular flexibility index (Phi) is 3.25. The quantitative estimate of drug-likeness (QED) is 0.866. The first-order valence-electron chi connectivity index (χ1n) is 5.59. The molecule has 1 aromatic carbocycles. The molecule has 0 amide bonds. The summed E-state index contributed by atoms with van der Waals surface area (Å²) in [4.78, 5) is 10.8. The molecule has 0 bridgehead atoms. The number of fused-ring (bicyclic) bond motifs is 1. The SMILES string of the molecule is COc1ccc2c(c1)c(C(C)O)cn2CC(=O)O. The van der Waals surface area contributed by atoms with Crippen molar-refractivity contribution in [1.29, 1.82) is 0 Å². The number of aliphatic carboxylic acids is 1. The minimum absolute atomic E-state index is 0.129. The molecule has 0 aliphatic rings. The Hall–Kier alpha value is -2.01. The highest BCUT2D eigenvalue weighted by Gasteiger charge is 2.14. The second-order valence-corrected chi connectivity index (χ2v) is 4.17. The molecule has 5 heteroatoms. The van der Waals surface area contributed by atoms with Crippen molar-refractivity contribution in [3.8, 4) is 5.75 Å². The van der Waals surface area contributed by atoms with E-state index in [-0.39, 0.29) is 6.54 Å². The number of hydrogen-bond acceptors (Lipinski definition) is 3. The van der Waals surface area contributed by atoms with Crippen LogP contribution in [0.25, 0.3) is 10.9 Å². The fourth-order valence-electron chi connectivity index (χ4n) is 2.04. The van der Waals surface area contributed by atoms with Crippen LogP contribution in [0.4, 0.5) is 0 Å². The van der Waals surface area contributed by atoms with E-state index in [2.05, 4.69) is 0 Å². The molecule has 0 aliphatic carbocycles. The summed E-state index contributed by atoms with van der Waals surface area (Å²) >= 11 is 0. The van der Waals surface area contributed by atoms with Crippen LogP contribution in [-0.2, 0) is 11.3 Å². The van der Waals surface area contributed by atoms with Crippen molar-refractivity contribution in [3.63, 3.8) is 0 Å². The first-order valence-corrected chi connectivity index (χ1v) is 5.59. The lowest BCUT2D eigenvalue weighted by atomic mass is 10.1. The molecule has 0 aliphatic heterocycles. The number of carbonyl (C=O) groups is 1. The van der Waals surface area contributed by atoms with Crippen LogP contribution in [0.15, 0.2) is 24.4 Å². The molecule has 0 fully saturated rings. The van der Waals surface area contributed by atoms with Gasteiger partial charge in [0.2, 0.25) is 0 Å². The zero-order valence-corrected chi connectivity index (χ0v) is 10.3. The van der Waals surface area contributed by atoms with Gasteiger partial charge in [-0.15, -0.1) is 0 Å². The molecule has 2 aromatic rings. The van der Waals surface area contributed by atoms with Gasteiger partial charge >= 0.3 is 5.97 Å². The summed E-state index contributed by atoms with van der Waals surface area (Å²) in [5.41, 5.74) is 1.47. The van der Waals surface area contributed by atoms with Crippen LogP contribution in [0, 0.1) is 0 Å². The second kappa shape index (κ2) is 4.70. The molecule has 96 valence electrons. The van der Waals surface area contributed by atoms with Gasteiger partial charge in [0.25, 0.3) is 0 Å². The molecule has 2 rings (SSSR count). The topological polar surface area (TPSA) is 71.7 Å². The summed E-state index contributed by atoms with van der Waals surface area (Å²) in [7, 11) is 1.57. The van der Waals surface area contributed by atoms with Crippen LogP contribution in [-0.4, -0.2) is 27.9 Å². The van der Waals surface area contributed by atoms with E-state index in [1.54, 1.807) is 43.0 Å². The highest BCUT2D eigenvalue weighted by atomic mass is 16.5. The summed E-state index contributed by atoms with van der Waals surface area (Å²) in [5.74, 6) is -0.239. The zero-order chi connectivity index (χ0) is 13.3. The molecule has 0 saturated heterocycles. The van der Waals surface area contributed by atoms with Gasteiger partial charge in [-0.2, -0.15) is 0 Å². The molecule has 5 nitrogen and oxygen atoms in total. The molecule has 1 unspecified atom stereocenters. The monoisotopic (exact) mass is 249 g/mol. The van der Waals surface area contributed by atoms with Crippen molar-refractivity contribution in [3.05, 3.63) is 30.0 Å². The van der Waals surface area contributed by atoms with Gasteiger partial charge < -0.3 is 19.5 Å². The number of aliphatic hydroxyl groups is 1. The van der Waals surface area contributed by atoms with E-state index in [0.717, 1.165) is 10.9 Å². The number of carboxylic acid groups (broad SMARTS) is 1. The second-order valence-electron chi connectivity index (χ2n) is 4.17. The Balaban J connectivity index is 2.63. The summed E-state index contributed by atoms with van der Waals surface area (Å²) in [6.45, 7) is 1.52. The summed E-state index contributed by atoms with van der Waals surface area (Å²) in [5, 5.41) is 19.4. The lowest BCUT2D eigenvalue weighted by Gasteiger charge is -2.04. The third-order valence-corrected chi connectivity index (χ3v) is 2.87. The van der Waals surface area contributed by atoms with Crippen LogP contribution in [0.3, 0.4) is 0 Å². The van der Waals surface area contributed by atoms with Gasteiger partial charge in [-0.05, 0) is 25.1 Å². The Bertz CT molecular complexity index is 586. The summed E-state index contributed by atoms with van der Waals surface area (Å²) in [6.07, 6.45) is 1.01. The molecule has 1 aromatic heterocycles. The fraction of sp³-hybridized carbons (Fsp3) is 0.308. The van der Waals surface area contributed by atoms with Gasteiger partial charge in [0.1, 0.15) is 12.3 Å². The highest BCUT2D eigenvalue weighted by molar-refractivity contribution is 5.86. The third-order valence-electron chi connectivity index (χ3n) is 2.87. The van der Waals surface area contributed by atoms with Crippen molar-refractivity contribution in [2.24, 2.45) is 0 Å². The van der Waals surface area contributed by atoms with Crippen LogP contribution >= 0.6 is 0 Å². The van der Waals surface area contributed by atoms with Gasteiger partial charge in [0.15, 0.2) is 0 Å². The minimum Gasteiger partial charge on any atom is -0.497 e. The number of aliphatic hydroxyl groups excluding tert-OH is 1. The normalized spacial score (nSPS) is 12.6. The Labute approximate surface area is 104 Å². The number of hydrogen-bond donors (Lipinski definition) is 2. The smallest absolute Gasteiger partial charge is 0.323 e. The van der Waals surface area contributed by atoms with E-state index in [0.29, 0.717) is 11.3 Å². The molecule has 18 heavy (non-hydrogen) atoms. The van der Waals surface area contributed by atoms with E-state index >= 15 is 0 Å². The first-order chi connectivity index (χ1) is 8.52. The van der Waals surface area contributed by atoms with Gasteiger partial charge in [-0.3, -0.25) is 4.79 Å². The molecule has 0 saturated carbocycles. The zero-order valence-electron chi connectivity index (χ0n) is 10.3. The molecule has 2 N–H and O–H groups in total. The van der Waals surface area contributed by atoms with E-state index < -0.39 is 12.1 Å². The standard InChI is InChI=1S/C13H15NO4/c1-8(15)11-6-14(7-13(16)17)12-4-3-9(18-2)5-10(11)12/h3-6,8,15H,7H2,1-2H3,(H,16,17). The summed E-state index contributed by atoms with van der Waals surface area (Å²) in [6, 6.07) is 5.37. The number of rotatable bonds is 4. The van der Waals surface area contributed by atoms with Crippen molar-refractivity contribution in [1.82, 2.24) is 4.57 Å². The molecule has 1 heterocycles. The maximum atomic E-state index is 10.8. The predicted octanol–water partition coefficient (Wildman–Crippen LogP) is 1.79. The van der Waals surface area contributed by atoms with E-state index in [1.165, 1.54) is 0 Å². The van der Waals surface area contributed by atoms with Gasteiger partial charge in [0.05, 0.1) is 13.2 Å². The largest absolute Gasteiger partial charge is 0.497 e. The highest BCUT2D eigenvalue weighted by Crippen LogP contribution is 2.29. The fourth-order valence-corrected chi connectivity index (χ4v) is 2.04. The van der Waals surface area contributed by atoms with Crippen molar-refractivity contribution < 1.29 is 19.7 Å². The number of benzene rings is 1. The lowest BCUT2D eigenvalue weighted by molar-refractivity contribution is -0.137. The van der Waals surface area contributed by atoms with E-state index in [1.807, 2.05) is 0 Å². The van der Waals surface area contributed by atoms with Crippen LogP contribution in [0.2, 0.25) is 0 Å². The van der Waals surface area contributed by atoms with Gasteiger partial charge in [-0.25, -0.2) is 0 Å². The van der Waals surface area contributed by atoms with E-state index in [4.69, 9.17) is 9.84 Å². The van der Waals surface area contributed by atoms with Gasteiger partial charge in [0, 0.05) is 22.7 Å². The summed E-state index contributed by atoms with van der Waals surface area (Å²) < 4.78 is 6.75. The maximum absolute atomic E-state index is 10.8. The predicted molar refractivity (Wildman–Crippen MR) is 66.8 cm³/mol. The van der Waals surface area contributed by atoms with Crippen LogP contribution in [0.1, 0.15) is 18.6 Å². The number of aromatic nitrogens is 1. The van der Waals surface area contributed by atoms with Crippen LogP contribution < -0.4 is 4.74 Å². The van der Waals surface area contributed by atoms with Crippen molar-refractivity contribution >= 4 is 16.9 Å². The molecule has 1 atom stereocenters. The average molecular weight is 249 g/mol. The number of carboxylic acids is 1. The number of nitrogens with zero attached hydrogens (tertiary/aromatic N) is 1. The first kappa shape index (κ1) is 12.4. The molecule has 0 spiro atoms. The van der Waals surface area contributed by atoms with E-state index in [9.17, 15) is 9.90 Å². The number of ether oxygens (including phenoxy) is 1. The minimum atomic E-state index is -0.917. The molecular formula is C13H15NO4.